The molecule has 6 nitrogen and oxygen atoms in total. The maximum absolute atomic E-state index is 13.1. The Labute approximate surface area is 176 Å². The van der Waals surface area contributed by atoms with E-state index in [2.05, 4.69) is 15.3 Å². The first-order valence-corrected chi connectivity index (χ1v) is 9.21. The van der Waals surface area contributed by atoms with Crippen LogP contribution in [0.5, 0.6) is 0 Å². The van der Waals surface area contributed by atoms with E-state index in [9.17, 15) is 14.0 Å². The van der Waals surface area contributed by atoms with Gasteiger partial charge in [0.1, 0.15) is 11.6 Å². The van der Waals surface area contributed by atoms with Crippen LogP contribution in [0.2, 0.25) is 10.0 Å². The summed E-state index contributed by atoms with van der Waals surface area (Å²) in [5.74, 6) is -0.862. The Hall–Kier alpha value is -3.03. The summed E-state index contributed by atoms with van der Waals surface area (Å²) in [4.78, 5) is 34.0. The minimum absolute atomic E-state index is 0.0383. The SMILES string of the molecule is CC(=O)N(c1cc(NC(=O)Cc2ccc(F)cc2Cl)ccn1)c1ccncc1Cl. The van der Waals surface area contributed by atoms with E-state index in [0.717, 1.165) is 6.07 Å². The highest BCUT2D eigenvalue weighted by Gasteiger charge is 2.19. The quantitative estimate of drug-likeness (QED) is 0.628. The molecular weight excluding hydrogens is 418 g/mol. The van der Waals surface area contributed by atoms with E-state index >= 15 is 0 Å². The van der Waals surface area contributed by atoms with E-state index in [1.54, 1.807) is 18.2 Å². The Morgan fingerprint density at radius 3 is 2.59 bits per heavy atom. The van der Waals surface area contributed by atoms with Gasteiger partial charge in [-0.3, -0.25) is 19.5 Å². The summed E-state index contributed by atoms with van der Waals surface area (Å²) in [5.41, 5.74) is 1.34. The topological polar surface area (TPSA) is 75.2 Å². The van der Waals surface area contributed by atoms with Gasteiger partial charge in [-0.15, -0.1) is 0 Å². The summed E-state index contributed by atoms with van der Waals surface area (Å²) >= 11 is 12.1. The molecule has 9 heteroatoms. The monoisotopic (exact) mass is 432 g/mol. The van der Waals surface area contributed by atoms with Crippen LogP contribution in [0, 0.1) is 5.82 Å². The number of pyridine rings is 2. The first-order valence-electron chi connectivity index (χ1n) is 8.45. The second-order valence-corrected chi connectivity index (χ2v) is 6.86. The molecule has 0 radical (unpaired) electrons. The highest BCUT2D eigenvalue weighted by atomic mass is 35.5. The smallest absolute Gasteiger partial charge is 0.229 e. The largest absolute Gasteiger partial charge is 0.326 e. The van der Waals surface area contributed by atoms with Crippen molar-refractivity contribution in [3.8, 4) is 0 Å². The molecule has 0 aliphatic rings. The van der Waals surface area contributed by atoms with Crippen molar-refractivity contribution >= 4 is 52.2 Å². The summed E-state index contributed by atoms with van der Waals surface area (Å²) < 4.78 is 13.1. The minimum Gasteiger partial charge on any atom is -0.326 e. The molecule has 0 saturated heterocycles. The second kappa shape index (κ2) is 8.98. The summed E-state index contributed by atoms with van der Waals surface area (Å²) in [5, 5.41) is 3.17. The van der Waals surface area contributed by atoms with Gasteiger partial charge in [-0.2, -0.15) is 0 Å². The number of aromatic nitrogens is 2. The van der Waals surface area contributed by atoms with Gasteiger partial charge in [0.15, 0.2) is 0 Å². The van der Waals surface area contributed by atoms with Crippen LogP contribution in [0.15, 0.2) is 55.0 Å². The average Bonchev–Trinajstić information content (AvgIpc) is 2.66. The van der Waals surface area contributed by atoms with Gasteiger partial charge < -0.3 is 5.32 Å². The Kier molecular flexibility index (Phi) is 6.41. The predicted molar refractivity (Wildman–Crippen MR) is 110 cm³/mol. The van der Waals surface area contributed by atoms with Crippen LogP contribution in [0.3, 0.4) is 0 Å². The number of hydrogen-bond acceptors (Lipinski definition) is 4. The number of amides is 2. The highest BCUT2D eigenvalue weighted by molar-refractivity contribution is 6.34. The van der Waals surface area contributed by atoms with Crippen LogP contribution in [-0.4, -0.2) is 21.8 Å². The summed E-state index contributed by atoms with van der Waals surface area (Å²) in [6, 6.07) is 8.56. The minimum atomic E-state index is -0.475. The molecule has 1 N–H and O–H groups in total. The molecule has 0 bridgehead atoms. The molecule has 3 aromatic rings. The Morgan fingerprint density at radius 2 is 1.90 bits per heavy atom. The standard InChI is InChI=1S/C20H15Cl2FN4O2/c1-12(28)27(18-5-6-24-11-17(18)22)19-10-15(4-7-25-19)26-20(29)8-13-2-3-14(23)9-16(13)21/h2-7,9-11H,8H2,1H3,(H,25,26,29). The molecule has 148 valence electrons. The summed E-state index contributed by atoms with van der Waals surface area (Å²) in [6.45, 7) is 1.38. The van der Waals surface area contributed by atoms with E-state index in [1.807, 2.05) is 0 Å². The molecule has 2 aromatic heterocycles. The van der Waals surface area contributed by atoms with Crippen molar-refractivity contribution in [1.29, 1.82) is 0 Å². The molecule has 0 aliphatic heterocycles. The number of nitrogens with one attached hydrogen (secondary N) is 1. The molecule has 0 unspecified atom stereocenters. The van der Waals surface area contributed by atoms with Gasteiger partial charge in [0.05, 0.1) is 17.1 Å². The Balaban J connectivity index is 1.82. The highest BCUT2D eigenvalue weighted by Crippen LogP contribution is 2.31. The van der Waals surface area contributed by atoms with E-state index in [1.165, 1.54) is 42.5 Å². The number of anilines is 3. The predicted octanol–water partition coefficient (Wildman–Crippen LogP) is 4.79. The zero-order valence-electron chi connectivity index (χ0n) is 15.2. The van der Waals surface area contributed by atoms with Gasteiger partial charge in [0.25, 0.3) is 0 Å². The number of rotatable bonds is 5. The summed E-state index contributed by atoms with van der Waals surface area (Å²) in [7, 11) is 0. The lowest BCUT2D eigenvalue weighted by Gasteiger charge is -2.21. The third-order valence-corrected chi connectivity index (χ3v) is 4.57. The van der Waals surface area contributed by atoms with Crippen LogP contribution >= 0.6 is 23.2 Å². The van der Waals surface area contributed by atoms with Gasteiger partial charge >= 0.3 is 0 Å². The molecule has 2 amide bonds. The van der Waals surface area contributed by atoms with Crippen molar-refractivity contribution in [2.24, 2.45) is 0 Å². The van der Waals surface area contributed by atoms with E-state index in [-0.39, 0.29) is 34.1 Å². The number of benzene rings is 1. The first-order chi connectivity index (χ1) is 13.8. The van der Waals surface area contributed by atoms with Gasteiger partial charge in [0.2, 0.25) is 11.8 Å². The lowest BCUT2D eigenvalue weighted by molar-refractivity contribution is -0.116. The van der Waals surface area contributed by atoms with E-state index < -0.39 is 5.82 Å². The fourth-order valence-corrected chi connectivity index (χ4v) is 3.10. The zero-order chi connectivity index (χ0) is 21.0. The molecule has 1 aromatic carbocycles. The maximum atomic E-state index is 13.1. The maximum Gasteiger partial charge on any atom is 0.229 e. The van der Waals surface area contributed by atoms with Crippen LogP contribution in [0.4, 0.5) is 21.6 Å². The van der Waals surface area contributed by atoms with Crippen molar-refractivity contribution in [2.45, 2.75) is 13.3 Å². The van der Waals surface area contributed by atoms with Crippen molar-refractivity contribution in [3.63, 3.8) is 0 Å². The number of carbonyl (C=O) groups excluding carboxylic acids is 2. The fraction of sp³-hybridized carbons (Fsp3) is 0.100. The van der Waals surface area contributed by atoms with Crippen molar-refractivity contribution in [2.75, 3.05) is 10.2 Å². The van der Waals surface area contributed by atoms with Crippen LogP contribution in [0.25, 0.3) is 0 Å². The molecule has 0 atom stereocenters. The van der Waals surface area contributed by atoms with Gasteiger partial charge in [-0.25, -0.2) is 9.37 Å². The molecule has 0 spiro atoms. The Morgan fingerprint density at radius 1 is 1.10 bits per heavy atom. The summed E-state index contributed by atoms with van der Waals surface area (Å²) in [6.07, 6.45) is 4.35. The van der Waals surface area contributed by atoms with Crippen molar-refractivity contribution in [3.05, 3.63) is 76.4 Å². The lowest BCUT2D eigenvalue weighted by Crippen LogP contribution is -2.24. The third kappa shape index (κ3) is 5.07. The first kappa shape index (κ1) is 20.7. The molecular formula is C20H15Cl2FN4O2. The number of carbonyl (C=O) groups is 2. The van der Waals surface area contributed by atoms with Gasteiger partial charge in [-0.1, -0.05) is 29.3 Å². The molecule has 0 fully saturated rings. The third-order valence-electron chi connectivity index (χ3n) is 3.93. The normalized spacial score (nSPS) is 10.5. The van der Waals surface area contributed by atoms with Gasteiger partial charge in [-0.05, 0) is 29.8 Å². The zero-order valence-corrected chi connectivity index (χ0v) is 16.7. The lowest BCUT2D eigenvalue weighted by atomic mass is 10.1. The molecule has 2 heterocycles. The average molecular weight is 433 g/mol. The van der Waals surface area contributed by atoms with E-state index in [4.69, 9.17) is 23.2 Å². The van der Waals surface area contributed by atoms with Crippen molar-refractivity contribution in [1.82, 2.24) is 9.97 Å². The number of hydrogen-bond donors (Lipinski definition) is 1. The second-order valence-electron chi connectivity index (χ2n) is 6.04. The number of nitrogens with zero attached hydrogens (tertiary/aromatic N) is 3. The van der Waals surface area contributed by atoms with Crippen LogP contribution in [0.1, 0.15) is 12.5 Å². The Bertz CT molecular complexity index is 1080. The molecule has 29 heavy (non-hydrogen) atoms. The molecule has 0 aliphatic carbocycles. The number of halogens is 3. The fourth-order valence-electron chi connectivity index (χ4n) is 2.67. The van der Waals surface area contributed by atoms with Gasteiger partial charge in [0, 0.05) is 42.3 Å². The van der Waals surface area contributed by atoms with Crippen LogP contribution < -0.4 is 10.2 Å². The molecule has 0 saturated carbocycles. The van der Waals surface area contributed by atoms with E-state index in [0.29, 0.717) is 16.9 Å². The molecule has 3 rings (SSSR count). The van der Waals surface area contributed by atoms with Crippen LogP contribution in [-0.2, 0) is 16.0 Å². The van der Waals surface area contributed by atoms with Crippen molar-refractivity contribution < 1.29 is 14.0 Å².